The number of benzene rings is 3. The number of hydrogen-bond acceptors (Lipinski definition) is 5. The number of rotatable bonds is 10. The molecule has 0 aliphatic heterocycles. The lowest BCUT2D eigenvalue weighted by Crippen LogP contribution is -2.52. The molecule has 34 heavy (non-hydrogen) atoms. The molecule has 0 unspecified atom stereocenters. The summed E-state index contributed by atoms with van der Waals surface area (Å²) in [5.41, 5.74) is 2.18. The predicted octanol–water partition coefficient (Wildman–Crippen LogP) is 3.02. The molecule has 3 aromatic rings. The lowest BCUT2D eigenvalue weighted by molar-refractivity contribution is -0.142. The minimum atomic E-state index is -0.882. The summed E-state index contributed by atoms with van der Waals surface area (Å²) in [4.78, 5) is 37.5. The molecule has 0 bridgehead atoms. The Balaban J connectivity index is 1.78. The standard InChI is InChI=1S/C27H28N2O5/c1-19(30)34-18-23(16-20-8-4-2-5-9-20)28-27(33)25(17-21-12-14-24(31)15-13-21)29-26(32)22-10-6-3-7-11-22/h2-15,23,25,31H,16-18H2,1H3,(H,28,33)(H,29,32)/t23-,25-/m0/s1. The Morgan fingerprint density at radius 1 is 0.794 bits per heavy atom. The fourth-order valence-electron chi connectivity index (χ4n) is 3.48. The number of esters is 1. The van der Waals surface area contributed by atoms with Gasteiger partial charge in [-0.1, -0.05) is 60.7 Å². The summed E-state index contributed by atoms with van der Waals surface area (Å²) >= 11 is 0. The molecule has 7 nitrogen and oxygen atoms in total. The van der Waals surface area contributed by atoms with Crippen molar-refractivity contribution < 1.29 is 24.2 Å². The minimum Gasteiger partial charge on any atom is -0.508 e. The van der Waals surface area contributed by atoms with E-state index in [9.17, 15) is 19.5 Å². The van der Waals surface area contributed by atoms with E-state index in [4.69, 9.17) is 4.74 Å². The van der Waals surface area contributed by atoms with E-state index in [0.29, 0.717) is 12.0 Å². The van der Waals surface area contributed by atoms with Crippen molar-refractivity contribution in [3.05, 3.63) is 102 Å². The van der Waals surface area contributed by atoms with E-state index in [1.54, 1.807) is 42.5 Å². The molecule has 3 aromatic carbocycles. The molecule has 0 aromatic heterocycles. The largest absolute Gasteiger partial charge is 0.508 e. The molecule has 2 atom stereocenters. The highest BCUT2D eigenvalue weighted by Crippen LogP contribution is 2.13. The molecular formula is C27H28N2O5. The van der Waals surface area contributed by atoms with Gasteiger partial charge in [0, 0.05) is 18.9 Å². The van der Waals surface area contributed by atoms with Crippen molar-refractivity contribution in [1.82, 2.24) is 10.6 Å². The summed E-state index contributed by atoms with van der Waals surface area (Å²) in [5, 5.41) is 15.3. The number of carbonyl (C=O) groups is 3. The highest BCUT2D eigenvalue weighted by Gasteiger charge is 2.25. The van der Waals surface area contributed by atoms with E-state index in [0.717, 1.165) is 11.1 Å². The van der Waals surface area contributed by atoms with Gasteiger partial charge in [0.15, 0.2) is 0 Å². The molecule has 0 aliphatic rings. The van der Waals surface area contributed by atoms with Crippen LogP contribution in [0.1, 0.15) is 28.4 Å². The number of carbonyl (C=O) groups excluding carboxylic acids is 3. The monoisotopic (exact) mass is 460 g/mol. The number of phenols is 1. The Morgan fingerprint density at radius 2 is 1.38 bits per heavy atom. The van der Waals surface area contributed by atoms with E-state index in [1.165, 1.54) is 19.1 Å². The fraction of sp³-hybridized carbons (Fsp3) is 0.222. The molecule has 3 N–H and O–H groups in total. The van der Waals surface area contributed by atoms with Crippen molar-refractivity contribution in [3.63, 3.8) is 0 Å². The first-order valence-corrected chi connectivity index (χ1v) is 11.0. The van der Waals surface area contributed by atoms with Gasteiger partial charge in [0.1, 0.15) is 18.4 Å². The summed E-state index contributed by atoms with van der Waals surface area (Å²) in [7, 11) is 0. The van der Waals surface area contributed by atoms with Gasteiger partial charge < -0.3 is 20.5 Å². The number of amides is 2. The average Bonchev–Trinajstić information content (AvgIpc) is 2.84. The van der Waals surface area contributed by atoms with Gasteiger partial charge in [-0.2, -0.15) is 0 Å². The minimum absolute atomic E-state index is 0.00846. The fourth-order valence-corrected chi connectivity index (χ4v) is 3.48. The third-order valence-electron chi connectivity index (χ3n) is 5.19. The molecule has 0 saturated carbocycles. The Morgan fingerprint density at radius 3 is 2.00 bits per heavy atom. The van der Waals surface area contributed by atoms with Gasteiger partial charge in [-0.05, 0) is 41.8 Å². The van der Waals surface area contributed by atoms with Crippen LogP contribution in [0, 0.1) is 0 Å². The molecule has 176 valence electrons. The highest BCUT2D eigenvalue weighted by molar-refractivity contribution is 5.97. The highest BCUT2D eigenvalue weighted by atomic mass is 16.5. The van der Waals surface area contributed by atoms with Crippen molar-refractivity contribution in [1.29, 1.82) is 0 Å². The second kappa shape index (κ2) is 12.2. The van der Waals surface area contributed by atoms with Crippen molar-refractivity contribution >= 4 is 17.8 Å². The van der Waals surface area contributed by atoms with Crippen LogP contribution in [0.3, 0.4) is 0 Å². The van der Waals surface area contributed by atoms with Crippen molar-refractivity contribution in [3.8, 4) is 5.75 Å². The number of nitrogens with one attached hydrogen (secondary N) is 2. The average molecular weight is 461 g/mol. The molecule has 3 rings (SSSR count). The van der Waals surface area contributed by atoms with Crippen LogP contribution < -0.4 is 10.6 Å². The van der Waals surface area contributed by atoms with Crippen molar-refractivity contribution in [2.75, 3.05) is 6.61 Å². The zero-order valence-corrected chi connectivity index (χ0v) is 18.9. The molecule has 0 spiro atoms. The van der Waals surface area contributed by atoms with Crippen molar-refractivity contribution in [2.24, 2.45) is 0 Å². The second-order valence-corrected chi connectivity index (χ2v) is 7.96. The number of ether oxygens (including phenoxy) is 1. The number of phenolic OH excluding ortho intramolecular Hbond substituents is 1. The molecular weight excluding hydrogens is 432 g/mol. The lowest BCUT2D eigenvalue weighted by atomic mass is 10.0. The number of hydrogen-bond donors (Lipinski definition) is 3. The first kappa shape index (κ1) is 24.5. The predicted molar refractivity (Wildman–Crippen MR) is 128 cm³/mol. The van der Waals surface area contributed by atoms with Gasteiger partial charge in [0.05, 0.1) is 6.04 Å². The summed E-state index contributed by atoms with van der Waals surface area (Å²) < 4.78 is 5.17. The van der Waals surface area contributed by atoms with E-state index < -0.39 is 24.0 Å². The zero-order valence-electron chi connectivity index (χ0n) is 18.9. The number of aromatic hydroxyl groups is 1. The van der Waals surface area contributed by atoms with Gasteiger partial charge >= 0.3 is 5.97 Å². The first-order valence-electron chi connectivity index (χ1n) is 11.0. The zero-order chi connectivity index (χ0) is 24.3. The topological polar surface area (TPSA) is 105 Å². The third-order valence-corrected chi connectivity index (χ3v) is 5.19. The van der Waals surface area contributed by atoms with E-state index in [1.807, 2.05) is 30.3 Å². The third kappa shape index (κ3) is 7.78. The van der Waals surface area contributed by atoms with Crippen LogP contribution in [0.2, 0.25) is 0 Å². The van der Waals surface area contributed by atoms with E-state index in [-0.39, 0.29) is 24.7 Å². The second-order valence-electron chi connectivity index (χ2n) is 7.96. The summed E-state index contributed by atoms with van der Waals surface area (Å²) in [6.45, 7) is 1.32. The van der Waals surface area contributed by atoms with E-state index in [2.05, 4.69) is 10.6 Å². The first-order chi connectivity index (χ1) is 16.4. The maximum absolute atomic E-state index is 13.3. The van der Waals surface area contributed by atoms with Crippen LogP contribution in [0.4, 0.5) is 0 Å². The quantitative estimate of drug-likeness (QED) is 0.404. The normalized spacial score (nSPS) is 12.3. The summed E-state index contributed by atoms with van der Waals surface area (Å²) in [6, 6.07) is 23.3. The van der Waals surface area contributed by atoms with E-state index >= 15 is 0 Å². The van der Waals surface area contributed by atoms with Crippen LogP contribution >= 0.6 is 0 Å². The Kier molecular flexibility index (Phi) is 8.80. The maximum atomic E-state index is 13.3. The van der Waals surface area contributed by atoms with Gasteiger partial charge in [0.2, 0.25) is 5.91 Å². The van der Waals surface area contributed by atoms with Crippen LogP contribution in [0.25, 0.3) is 0 Å². The molecule has 0 fully saturated rings. The van der Waals surface area contributed by atoms with Crippen LogP contribution in [-0.4, -0.2) is 41.6 Å². The lowest BCUT2D eigenvalue weighted by Gasteiger charge is -2.24. The van der Waals surface area contributed by atoms with Gasteiger partial charge in [-0.3, -0.25) is 14.4 Å². The smallest absolute Gasteiger partial charge is 0.302 e. The maximum Gasteiger partial charge on any atom is 0.302 e. The van der Waals surface area contributed by atoms with Crippen LogP contribution in [0.5, 0.6) is 5.75 Å². The molecule has 0 saturated heterocycles. The Bertz CT molecular complexity index is 1090. The van der Waals surface area contributed by atoms with Crippen molar-refractivity contribution in [2.45, 2.75) is 31.8 Å². The van der Waals surface area contributed by atoms with Crippen LogP contribution in [0.15, 0.2) is 84.9 Å². The van der Waals surface area contributed by atoms with Gasteiger partial charge in [-0.15, -0.1) is 0 Å². The summed E-state index contributed by atoms with van der Waals surface area (Å²) in [5.74, 6) is -1.10. The van der Waals surface area contributed by atoms with Crippen LogP contribution in [-0.2, 0) is 27.2 Å². The Labute approximate surface area is 198 Å². The molecule has 7 heteroatoms. The molecule has 2 amide bonds. The Hall–Kier alpha value is -4.13. The van der Waals surface area contributed by atoms with Gasteiger partial charge in [-0.25, -0.2) is 0 Å². The SMILES string of the molecule is CC(=O)OC[C@H](Cc1ccccc1)NC(=O)[C@H](Cc1ccc(O)cc1)NC(=O)c1ccccc1. The van der Waals surface area contributed by atoms with Gasteiger partial charge in [0.25, 0.3) is 5.91 Å². The molecule has 0 radical (unpaired) electrons. The summed E-state index contributed by atoms with van der Waals surface area (Å²) in [6.07, 6.45) is 0.675. The molecule has 0 aliphatic carbocycles. The molecule has 0 heterocycles.